The highest BCUT2D eigenvalue weighted by molar-refractivity contribution is 6.46. The molecular weight excluding hydrogens is 506 g/mol. The van der Waals surface area contributed by atoms with Crippen LogP contribution in [-0.4, -0.2) is 43.9 Å². The zero-order valence-corrected chi connectivity index (χ0v) is 22.1. The molecule has 1 N–H and O–H groups in total. The molecule has 2 atom stereocenters. The molecule has 4 aromatic rings. The molecule has 202 valence electrons. The Morgan fingerprint density at radius 1 is 1.02 bits per heavy atom. The van der Waals surface area contributed by atoms with Crippen LogP contribution in [0.2, 0.25) is 0 Å². The summed E-state index contributed by atoms with van der Waals surface area (Å²) in [5.74, 6) is 0.470. The van der Waals surface area contributed by atoms with Gasteiger partial charge in [0, 0.05) is 37.5 Å². The number of benzene rings is 3. The highest BCUT2D eigenvalue weighted by atomic mass is 16.5. The zero-order valence-electron chi connectivity index (χ0n) is 22.1. The first kappa shape index (κ1) is 25.4. The van der Waals surface area contributed by atoms with Crippen molar-refractivity contribution in [1.82, 2.24) is 14.5 Å². The van der Waals surface area contributed by atoms with Crippen LogP contribution in [0.25, 0.3) is 5.76 Å². The first-order valence-corrected chi connectivity index (χ1v) is 13.3. The Bertz CT molecular complexity index is 1580. The maximum atomic E-state index is 13.5. The molecule has 1 amide bonds. The lowest BCUT2D eigenvalue weighted by atomic mass is 9.94. The number of Topliss-reactive ketones (excluding diaryl/α,β-unsaturated/α-hetero) is 1. The predicted molar refractivity (Wildman–Crippen MR) is 149 cm³/mol. The third kappa shape index (κ3) is 4.96. The van der Waals surface area contributed by atoms with Gasteiger partial charge in [-0.3, -0.25) is 9.59 Å². The van der Waals surface area contributed by atoms with Gasteiger partial charge in [0.15, 0.2) is 0 Å². The molecule has 0 radical (unpaired) electrons. The van der Waals surface area contributed by atoms with E-state index in [0.717, 1.165) is 11.3 Å². The van der Waals surface area contributed by atoms with Crippen LogP contribution in [0.15, 0.2) is 97.1 Å². The zero-order chi connectivity index (χ0) is 27.6. The molecule has 3 heterocycles. The van der Waals surface area contributed by atoms with E-state index in [1.807, 2.05) is 78.4 Å². The number of carbonyl (C=O) groups excluding carboxylic acids is 2. The molecule has 0 aliphatic carbocycles. The van der Waals surface area contributed by atoms with Crippen molar-refractivity contribution in [2.75, 3.05) is 6.54 Å². The molecule has 6 rings (SSSR count). The van der Waals surface area contributed by atoms with E-state index in [2.05, 4.69) is 4.98 Å². The minimum Gasteiger partial charge on any atom is -0.507 e. The van der Waals surface area contributed by atoms with Crippen LogP contribution < -0.4 is 9.47 Å². The summed E-state index contributed by atoms with van der Waals surface area (Å²) in [7, 11) is 0. The van der Waals surface area contributed by atoms with Crippen LogP contribution in [-0.2, 0) is 22.6 Å². The number of aromatic nitrogens is 2. The second-order valence-electron chi connectivity index (χ2n) is 10.1. The SMILES string of the molecule is CC1Cc2cc(C(O)=C3C(=O)C(=O)N(CCCn4ccnc4)C3c3cccc(Oc4ccccc4)c3)ccc2O1. The van der Waals surface area contributed by atoms with Gasteiger partial charge < -0.3 is 24.0 Å². The quantitative estimate of drug-likeness (QED) is 0.182. The van der Waals surface area contributed by atoms with E-state index in [1.54, 1.807) is 29.6 Å². The summed E-state index contributed by atoms with van der Waals surface area (Å²) in [5.41, 5.74) is 2.18. The Hall–Kier alpha value is -4.85. The summed E-state index contributed by atoms with van der Waals surface area (Å²) in [4.78, 5) is 32.5. The van der Waals surface area contributed by atoms with Crippen LogP contribution in [0.5, 0.6) is 17.2 Å². The molecule has 0 saturated carbocycles. The lowest BCUT2D eigenvalue weighted by molar-refractivity contribution is -0.139. The van der Waals surface area contributed by atoms with Gasteiger partial charge in [-0.2, -0.15) is 0 Å². The summed E-state index contributed by atoms with van der Waals surface area (Å²) >= 11 is 0. The van der Waals surface area contributed by atoms with E-state index < -0.39 is 17.7 Å². The van der Waals surface area contributed by atoms with E-state index in [1.165, 1.54) is 0 Å². The lowest BCUT2D eigenvalue weighted by Crippen LogP contribution is -2.31. The monoisotopic (exact) mass is 535 g/mol. The molecule has 2 aliphatic rings. The molecule has 1 fully saturated rings. The third-order valence-corrected chi connectivity index (χ3v) is 7.24. The number of aryl methyl sites for hydroxylation is 1. The van der Waals surface area contributed by atoms with Gasteiger partial charge >= 0.3 is 0 Å². The van der Waals surface area contributed by atoms with Gasteiger partial charge in [0.25, 0.3) is 11.7 Å². The fourth-order valence-corrected chi connectivity index (χ4v) is 5.40. The summed E-state index contributed by atoms with van der Waals surface area (Å²) in [5, 5.41) is 11.5. The van der Waals surface area contributed by atoms with E-state index in [4.69, 9.17) is 9.47 Å². The summed E-state index contributed by atoms with van der Waals surface area (Å²) < 4.78 is 13.8. The summed E-state index contributed by atoms with van der Waals surface area (Å²) in [6.45, 7) is 2.94. The fourth-order valence-electron chi connectivity index (χ4n) is 5.40. The normalized spacial score (nSPS) is 19.5. The Morgan fingerprint density at radius 3 is 2.65 bits per heavy atom. The maximum absolute atomic E-state index is 13.5. The van der Waals surface area contributed by atoms with Crippen LogP contribution in [0.4, 0.5) is 0 Å². The number of fused-ring (bicyclic) bond motifs is 1. The first-order valence-electron chi connectivity index (χ1n) is 13.3. The first-order chi connectivity index (χ1) is 19.5. The van der Waals surface area contributed by atoms with E-state index in [0.29, 0.717) is 48.6 Å². The van der Waals surface area contributed by atoms with Gasteiger partial charge in [0.1, 0.15) is 29.1 Å². The predicted octanol–water partition coefficient (Wildman–Crippen LogP) is 5.51. The molecule has 1 saturated heterocycles. The minimum absolute atomic E-state index is 0.0424. The molecule has 8 heteroatoms. The Kier molecular flexibility index (Phi) is 6.82. The molecule has 2 unspecified atom stereocenters. The van der Waals surface area contributed by atoms with Crippen molar-refractivity contribution in [3.05, 3.63) is 114 Å². The number of carbonyl (C=O) groups is 2. The van der Waals surface area contributed by atoms with E-state index in [-0.39, 0.29) is 17.4 Å². The number of nitrogens with zero attached hydrogens (tertiary/aromatic N) is 3. The van der Waals surface area contributed by atoms with Crippen LogP contribution >= 0.6 is 0 Å². The van der Waals surface area contributed by atoms with Gasteiger partial charge in [-0.15, -0.1) is 0 Å². The molecule has 40 heavy (non-hydrogen) atoms. The molecule has 0 bridgehead atoms. The van der Waals surface area contributed by atoms with Crippen LogP contribution in [0, 0.1) is 0 Å². The average Bonchev–Trinajstić information content (AvgIpc) is 3.67. The van der Waals surface area contributed by atoms with Crippen molar-refractivity contribution in [2.45, 2.75) is 38.5 Å². The Morgan fingerprint density at radius 2 is 1.85 bits per heavy atom. The van der Waals surface area contributed by atoms with E-state index in [9.17, 15) is 14.7 Å². The van der Waals surface area contributed by atoms with E-state index >= 15 is 0 Å². The number of amides is 1. The van der Waals surface area contributed by atoms with Crippen molar-refractivity contribution < 1.29 is 24.2 Å². The van der Waals surface area contributed by atoms with Gasteiger partial charge in [0.05, 0.1) is 17.9 Å². The smallest absolute Gasteiger partial charge is 0.295 e. The lowest BCUT2D eigenvalue weighted by Gasteiger charge is -2.26. The van der Waals surface area contributed by atoms with Gasteiger partial charge in [-0.1, -0.05) is 30.3 Å². The molecular formula is C32H29N3O5. The molecule has 1 aromatic heterocycles. The fraction of sp³-hybridized carbons (Fsp3) is 0.219. The minimum atomic E-state index is -0.773. The van der Waals surface area contributed by atoms with Gasteiger partial charge in [-0.25, -0.2) is 4.98 Å². The number of hydrogen-bond acceptors (Lipinski definition) is 6. The molecule has 0 spiro atoms. The van der Waals surface area contributed by atoms with Crippen molar-refractivity contribution in [2.24, 2.45) is 0 Å². The number of likely N-dealkylation sites (tertiary alicyclic amines) is 1. The molecule has 3 aromatic carbocycles. The van der Waals surface area contributed by atoms with Crippen molar-refractivity contribution >= 4 is 17.4 Å². The second-order valence-corrected chi connectivity index (χ2v) is 10.1. The highest BCUT2D eigenvalue weighted by Crippen LogP contribution is 2.41. The Labute approximate surface area is 232 Å². The number of ether oxygens (including phenoxy) is 2. The number of para-hydroxylation sites is 1. The van der Waals surface area contributed by atoms with Gasteiger partial charge in [-0.05, 0) is 66.9 Å². The van der Waals surface area contributed by atoms with Crippen molar-refractivity contribution in [3.63, 3.8) is 0 Å². The number of rotatable bonds is 8. The second kappa shape index (κ2) is 10.7. The maximum Gasteiger partial charge on any atom is 0.295 e. The van der Waals surface area contributed by atoms with Crippen LogP contribution in [0.3, 0.4) is 0 Å². The topological polar surface area (TPSA) is 93.9 Å². The largest absolute Gasteiger partial charge is 0.507 e. The number of imidazole rings is 1. The molecule has 2 aliphatic heterocycles. The van der Waals surface area contributed by atoms with Crippen molar-refractivity contribution in [1.29, 1.82) is 0 Å². The standard InChI is InChI=1S/C32H29N3O5/c1-21-17-24-18-23(11-12-27(24)39-21)30(36)28-29(22-7-5-10-26(19-22)40-25-8-3-2-4-9-25)35(32(38)31(28)37)15-6-14-34-16-13-33-20-34/h2-5,7-13,16,18-21,29,36H,6,14-15,17H2,1H3. The van der Waals surface area contributed by atoms with Crippen molar-refractivity contribution in [3.8, 4) is 17.2 Å². The number of ketones is 1. The van der Waals surface area contributed by atoms with Crippen LogP contribution in [0.1, 0.15) is 36.1 Å². The summed E-state index contributed by atoms with van der Waals surface area (Å²) in [6, 6.07) is 21.3. The number of hydrogen-bond donors (Lipinski definition) is 1. The number of aliphatic hydroxyl groups excluding tert-OH is 1. The third-order valence-electron chi connectivity index (χ3n) is 7.24. The average molecular weight is 536 g/mol. The highest BCUT2D eigenvalue weighted by Gasteiger charge is 2.46. The number of aliphatic hydroxyl groups is 1. The molecule has 8 nitrogen and oxygen atoms in total. The summed E-state index contributed by atoms with van der Waals surface area (Å²) in [6.07, 6.45) is 6.63. The van der Waals surface area contributed by atoms with Gasteiger partial charge in [0.2, 0.25) is 0 Å². The Balaban J connectivity index is 1.38.